The Hall–Kier alpha value is -3.79. The van der Waals surface area contributed by atoms with Crippen molar-refractivity contribution >= 4 is 29.4 Å². The maximum Gasteiger partial charge on any atom is 0.353 e. The minimum absolute atomic E-state index is 0.0225. The van der Waals surface area contributed by atoms with E-state index in [9.17, 15) is 29.0 Å². The summed E-state index contributed by atoms with van der Waals surface area (Å²) < 4.78 is 14.3. The summed E-state index contributed by atoms with van der Waals surface area (Å²) in [6, 6.07) is 11.5. The molecule has 4 rings (SSSR count). The number of anilines is 2. The van der Waals surface area contributed by atoms with Gasteiger partial charge in [0.25, 0.3) is 0 Å². The van der Waals surface area contributed by atoms with Crippen LogP contribution in [0.5, 0.6) is 0 Å². The summed E-state index contributed by atoms with van der Waals surface area (Å²) in [4.78, 5) is 47.0. The average Bonchev–Trinajstić information content (AvgIpc) is 2.93. The van der Waals surface area contributed by atoms with E-state index < -0.39 is 29.5 Å². The quantitative estimate of drug-likeness (QED) is 0.504. The highest BCUT2D eigenvalue weighted by atomic mass is 19.1. The maximum atomic E-state index is 14.3. The number of carboxylic acids is 2. The highest BCUT2D eigenvalue weighted by Crippen LogP contribution is 2.37. The molecule has 9 nitrogen and oxygen atoms in total. The third-order valence-electron chi connectivity index (χ3n) is 7.66. The first kappa shape index (κ1) is 27.3. The zero-order valence-electron chi connectivity index (χ0n) is 21.4. The lowest BCUT2D eigenvalue weighted by Gasteiger charge is -2.45. The van der Waals surface area contributed by atoms with Crippen LogP contribution in [0.15, 0.2) is 60.4 Å². The number of hydrogen-bond acceptors (Lipinski definition) is 6. The molecule has 2 aliphatic rings. The third kappa shape index (κ3) is 6.02. The molecule has 202 valence electrons. The van der Waals surface area contributed by atoms with Crippen molar-refractivity contribution in [2.24, 2.45) is 11.8 Å². The van der Waals surface area contributed by atoms with Gasteiger partial charge in [-0.15, -0.1) is 0 Å². The Balaban J connectivity index is 1.56. The van der Waals surface area contributed by atoms with E-state index in [0.29, 0.717) is 44.4 Å². The number of rotatable bonds is 8. The topological polar surface area (TPSA) is 114 Å². The first-order valence-electron chi connectivity index (χ1n) is 12.9. The fourth-order valence-corrected chi connectivity index (χ4v) is 5.74. The maximum absolute atomic E-state index is 14.3. The minimum atomic E-state index is -1.52. The van der Waals surface area contributed by atoms with Crippen LogP contribution in [0.25, 0.3) is 0 Å². The van der Waals surface area contributed by atoms with E-state index in [2.05, 4.69) is 16.8 Å². The monoisotopic (exact) mass is 524 g/mol. The molecule has 1 aromatic carbocycles. The van der Waals surface area contributed by atoms with Crippen LogP contribution in [0, 0.1) is 17.7 Å². The van der Waals surface area contributed by atoms with Gasteiger partial charge in [-0.3, -0.25) is 14.6 Å². The van der Waals surface area contributed by atoms with Crippen LogP contribution < -0.4 is 9.80 Å². The van der Waals surface area contributed by atoms with Crippen molar-refractivity contribution in [3.05, 3.63) is 66.3 Å². The van der Waals surface area contributed by atoms with Gasteiger partial charge in [-0.05, 0) is 49.9 Å². The number of para-hydroxylation sites is 1. The van der Waals surface area contributed by atoms with Crippen LogP contribution in [-0.4, -0.2) is 70.2 Å². The molecule has 38 heavy (non-hydrogen) atoms. The van der Waals surface area contributed by atoms with Crippen LogP contribution in [0.4, 0.5) is 15.9 Å². The van der Waals surface area contributed by atoms with Crippen molar-refractivity contribution in [3.63, 3.8) is 0 Å². The van der Waals surface area contributed by atoms with E-state index in [4.69, 9.17) is 0 Å². The van der Waals surface area contributed by atoms with Gasteiger partial charge in [0, 0.05) is 44.3 Å². The molecule has 10 heteroatoms. The van der Waals surface area contributed by atoms with E-state index in [0.717, 1.165) is 24.2 Å². The number of carboxylic acid groups (broad SMARTS) is 2. The van der Waals surface area contributed by atoms with Crippen molar-refractivity contribution in [1.29, 1.82) is 0 Å². The van der Waals surface area contributed by atoms with Gasteiger partial charge in [0.05, 0.1) is 11.8 Å². The number of carbonyl (C=O) groups is 3. The smallest absolute Gasteiger partial charge is 0.353 e. The Bertz CT molecular complexity index is 1180. The SMILES string of the molecule is CC(C1CCCCC1C(=O)N(C(=CC(=O)O)C(=O)O)c1ccccn1)N1CCN(c2ccccc2F)CC1. The van der Waals surface area contributed by atoms with Gasteiger partial charge in [-0.2, -0.15) is 0 Å². The molecule has 3 unspecified atom stereocenters. The van der Waals surface area contributed by atoms with E-state index in [1.807, 2.05) is 11.0 Å². The molecule has 0 radical (unpaired) electrons. The normalized spacial score (nSPS) is 21.5. The second-order valence-corrected chi connectivity index (χ2v) is 9.80. The largest absolute Gasteiger partial charge is 0.478 e. The third-order valence-corrected chi connectivity index (χ3v) is 7.66. The fraction of sp³-hybridized carbons (Fsp3) is 0.429. The van der Waals surface area contributed by atoms with Crippen molar-refractivity contribution in [1.82, 2.24) is 9.88 Å². The van der Waals surface area contributed by atoms with Gasteiger partial charge >= 0.3 is 11.9 Å². The number of aromatic nitrogens is 1. The number of carbonyl (C=O) groups excluding carboxylic acids is 1. The highest BCUT2D eigenvalue weighted by Gasteiger charge is 2.41. The fourth-order valence-electron chi connectivity index (χ4n) is 5.74. The molecule has 1 amide bonds. The molecule has 0 bridgehead atoms. The van der Waals surface area contributed by atoms with Crippen LogP contribution in [-0.2, 0) is 14.4 Å². The van der Waals surface area contributed by atoms with E-state index in [1.54, 1.807) is 24.3 Å². The van der Waals surface area contributed by atoms with Crippen LogP contribution in [0.3, 0.4) is 0 Å². The highest BCUT2D eigenvalue weighted by molar-refractivity contribution is 6.08. The molecule has 0 spiro atoms. The Morgan fingerprint density at radius 3 is 2.34 bits per heavy atom. The van der Waals surface area contributed by atoms with Crippen LogP contribution in [0.2, 0.25) is 0 Å². The van der Waals surface area contributed by atoms with E-state index in [-0.39, 0.29) is 23.6 Å². The zero-order chi connectivity index (χ0) is 27.2. The van der Waals surface area contributed by atoms with Gasteiger partial charge in [0.1, 0.15) is 17.3 Å². The lowest BCUT2D eigenvalue weighted by Crippen LogP contribution is -2.54. The second-order valence-electron chi connectivity index (χ2n) is 9.80. The summed E-state index contributed by atoms with van der Waals surface area (Å²) in [6.07, 6.45) is 5.12. The molecular formula is C28H33FN4O5. The Morgan fingerprint density at radius 2 is 1.71 bits per heavy atom. The van der Waals surface area contributed by atoms with Crippen molar-refractivity contribution in [3.8, 4) is 0 Å². The Morgan fingerprint density at radius 1 is 1.03 bits per heavy atom. The molecule has 1 saturated carbocycles. The number of pyridine rings is 1. The number of aliphatic carboxylic acids is 2. The molecule has 2 heterocycles. The predicted octanol–water partition coefficient (Wildman–Crippen LogP) is 3.62. The molecular weight excluding hydrogens is 491 g/mol. The summed E-state index contributed by atoms with van der Waals surface area (Å²) in [5.41, 5.74) is -0.0559. The lowest BCUT2D eigenvalue weighted by atomic mass is 9.74. The number of piperazine rings is 1. The first-order valence-corrected chi connectivity index (χ1v) is 12.9. The average molecular weight is 525 g/mol. The molecule has 1 aliphatic heterocycles. The lowest BCUT2D eigenvalue weighted by molar-refractivity contribution is -0.136. The molecule has 2 N–H and O–H groups in total. The molecule has 1 aromatic heterocycles. The first-order chi connectivity index (χ1) is 18.3. The standard InChI is InChI=1S/C28H33FN4O5/c1-19(31-14-16-32(17-15-31)23-11-5-4-10-22(23)29)20-8-2-3-9-21(20)27(36)33(25-12-6-7-13-30-25)24(28(37)38)18-26(34)35/h4-7,10-13,18-21H,2-3,8-9,14-17H2,1H3,(H,34,35)(H,37,38). The number of benzene rings is 1. The Kier molecular flexibility index (Phi) is 8.73. The van der Waals surface area contributed by atoms with E-state index in [1.165, 1.54) is 18.3 Å². The summed E-state index contributed by atoms with van der Waals surface area (Å²) in [6.45, 7) is 4.81. The van der Waals surface area contributed by atoms with Gasteiger partial charge in [-0.25, -0.2) is 19.0 Å². The van der Waals surface area contributed by atoms with Gasteiger partial charge in [-0.1, -0.05) is 31.0 Å². The van der Waals surface area contributed by atoms with Gasteiger partial charge < -0.3 is 15.1 Å². The van der Waals surface area contributed by atoms with Gasteiger partial charge in [0.2, 0.25) is 5.91 Å². The van der Waals surface area contributed by atoms with Crippen LogP contribution in [0.1, 0.15) is 32.6 Å². The predicted molar refractivity (Wildman–Crippen MR) is 140 cm³/mol. The van der Waals surface area contributed by atoms with Crippen molar-refractivity contribution < 1.29 is 29.0 Å². The minimum Gasteiger partial charge on any atom is -0.478 e. The second kappa shape index (κ2) is 12.2. The number of halogens is 1. The number of amides is 1. The molecule has 1 aliphatic carbocycles. The Labute approximate surface area is 221 Å². The zero-order valence-corrected chi connectivity index (χ0v) is 21.4. The number of nitrogens with zero attached hydrogens (tertiary/aromatic N) is 4. The molecule has 2 aromatic rings. The summed E-state index contributed by atoms with van der Waals surface area (Å²) >= 11 is 0. The summed E-state index contributed by atoms with van der Waals surface area (Å²) in [5, 5.41) is 19.1. The van der Waals surface area contributed by atoms with Gasteiger partial charge in [0.15, 0.2) is 0 Å². The molecule has 2 fully saturated rings. The van der Waals surface area contributed by atoms with E-state index >= 15 is 0 Å². The summed E-state index contributed by atoms with van der Waals surface area (Å²) in [5.74, 6) is -4.16. The molecule has 3 atom stereocenters. The molecule has 1 saturated heterocycles. The number of hydrogen-bond donors (Lipinski definition) is 2. The van der Waals surface area contributed by atoms with Crippen molar-refractivity contribution in [2.45, 2.75) is 38.6 Å². The van der Waals surface area contributed by atoms with Crippen LogP contribution >= 0.6 is 0 Å². The summed E-state index contributed by atoms with van der Waals surface area (Å²) in [7, 11) is 0. The van der Waals surface area contributed by atoms with Crippen molar-refractivity contribution in [2.75, 3.05) is 36.0 Å².